The quantitative estimate of drug-likeness (QED) is 0.810. The largest absolute Gasteiger partial charge is 0.378 e. The minimum Gasteiger partial charge on any atom is -0.378 e. The fourth-order valence-electron chi connectivity index (χ4n) is 2.96. The Balaban J connectivity index is 1.64. The van der Waals surface area contributed by atoms with Crippen molar-refractivity contribution < 1.29 is 9.53 Å². The van der Waals surface area contributed by atoms with Gasteiger partial charge in [-0.2, -0.15) is 0 Å². The molecule has 1 amide bonds. The van der Waals surface area contributed by atoms with Gasteiger partial charge in [-0.05, 0) is 45.2 Å². The molecule has 1 fully saturated rings. The van der Waals surface area contributed by atoms with Crippen molar-refractivity contribution in [1.29, 1.82) is 0 Å². The fraction of sp³-hybridized carbons (Fsp3) is 0.611. The Morgan fingerprint density at radius 3 is 2.48 bits per heavy atom. The highest BCUT2D eigenvalue weighted by atomic mass is 16.5. The van der Waals surface area contributed by atoms with Gasteiger partial charge in [0.05, 0.1) is 6.10 Å². The van der Waals surface area contributed by atoms with Gasteiger partial charge in [0, 0.05) is 18.7 Å². The zero-order chi connectivity index (χ0) is 15.1. The molecule has 3 nitrogen and oxygen atoms in total. The standard InChI is InChI=1S/C18H27NO2/c1-14-11-15(2)13-16(12-14)18(20)19-9-6-10-21-17-7-4-3-5-8-17/h11-13,17H,3-10H2,1-2H3,(H,19,20). The van der Waals surface area contributed by atoms with Crippen molar-refractivity contribution in [2.75, 3.05) is 13.2 Å². The Hall–Kier alpha value is -1.35. The monoisotopic (exact) mass is 289 g/mol. The molecule has 1 N–H and O–H groups in total. The van der Waals surface area contributed by atoms with Crippen LogP contribution >= 0.6 is 0 Å². The Labute approximate surface area is 128 Å². The van der Waals surface area contributed by atoms with E-state index in [1.165, 1.54) is 32.1 Å². The van der Waals surface area contributed by atoms with E-state index in [9.17, 15) is 4.79 Å². The molecule has 1 saturated carbocycles. The zero-order valence-corrected chi connectivity index (χ0v) is 13.3. The Bertz CT molecular complexity index is 444. The summed E-state index contributed by atoms with van der Waals surface area (Å²) < 4.78 is 5.86. The van der Waals surface area contributed by atoms with Crippen molar-refractivity contribution >= 4 is 5.91 Å². The Kier molecular flexibility index (Phi) is 6.24. The number of amides is 1. The van der Waals surface area contributed by atoms with E-state index in [0.29, 0.717) is 12.6 Å². The van der Waals surface area contributed by atoms with Crippen LogP contribution in [-0.4, -0.2) is 25.2 Å². The van der Waals surface area contributed by atoms with Gasteiger partial charge in [0.1, 0.15) is 0 Å². The molecule has 0 aliphatic heterocycles. The SMILES string of the molecule is Cc1cc(C)cc(C(=O)NCCCOC2CCCCC2)c1. The summed E-state index contributed by atoms with van der Waals surface area (Å²) in [7, 11) is 0. The van der Waals surface area contributed by atoms with Crippen LogP contribution in [0.1, 0.15) is 60.0 Å². The molecule has 3 heteroatoms. The van der Waals surface area contributed by atoms with Crippen LogP contribution in [0.15, 0.2) is 18.2 Å². The van der Waals surface area contributed by atoms with Crippen LogP contribution in [0.2, 0.25) is 0 Å². The minimum atomic E-state index is 0.0134. The van der Waals surface area contributed by atoms with Gasteiger partial charge in [0.2, 0.25) is 0 Å². The molecule has 1 aliphatic carbocycles. The van der Waals surface area contributed by atoms with Crippen LogP contribution in [0.5, 0.6) is 0 Å². The number of benzene rings is 1. The van der Waals surface area contributed by atoms with Crippen LogP contribution < -0.4 is 5.32 Å². The molecule has 0 atom stereocenters. The van der Waals surface area contributed by atoms with Crippen molar-refractivity contribution in [3.05, 3.63) is 34.9 Å². The van der Waals surface area contributed by atoms with Gasteiger partial charge in [-0.15, -0.1) is 0 Å². The van der Waals surface area contributed by atoms with E-state index in [1.807, 2.05) is 26.0 Å². The van der Waals surface area contributed by atoms with E-state index in [1.54, 1.807) is 0 Å². The average molecular weight is 289 g/mol. The second-order valence-corrected chi connectivity index (χ2v) is 6.12. The first-order chi connectivity index (χ1) is 10.1. The normalized spacial score (nSPS) is 15.9. The van der Waals surface area contributed by atoms with Crippen LogP contribution in [0.3, 0.4) is 0 Å². The van der Waals surface area contributed by atoms with E-state index in [-0.39, 0.29) is 5.91 Å². The maximum atomic E-state index is 12.1. The number of carbonyl (C=O) groups is 1. The minimum absolute atomic E-state index is 0.0134. The van der Waals surface area contributed by atoms with Gasteiger partial charge in [-0.3, -0.25) is 4.79 Å². The molecule has 0 bridgehead atoms. The molecule has 1 aromatic rings. The summed E-state index contributed by atoms with van der Waals surface area (Å²) in [5, 5.41) is 2.97. The molecule has 0 radical (unpaired) electrons. The fourth-order valence-corrected chi connectivity index (χ4v) is 2.96. The summed E-state index contributed by atoms with van der Waals surface area (Å²) in [6, 6.07) is 5.94. The number of ether oxygens (including phenoxy) is 1. The highest BCUT2D eigenvalue weighted by molar-refractivity contribution is 5.94. The third-order valence-corrected chi connectivity index (χ3v) is 4.00. The molecule has 0 aromatic heterocycles. The zero-order valence-electron chi connectivity index (χ0n) is 13.3. The third-order valence-electron chi connectivity index (χ3n) is 4.00. The van der Waals surface area contributed by atoms with Crippen LogP contribution in [-0.2, 0) is 4.74 Å². The first-order valence-electron chi connectivity index (χ1n) is 8.13. The van der Waals surface area contributed by atoms with E-state index < -0.39 is 0 Å². The lowest BCUT2D eigenvalue weighted by atomic mass is 9.98. The number of hydrogen-bond acceptors (Lipinski definition) is 2. The van der Waals surface area contributed by atoms with Crippen molar-refractivity contribution in [2.24, 2.45) is 0 Å². The van der Waals surface area contributed by atoms with Gasteiger partial charge in [-0.25, -0.2) is 0 Å². The van der Waals surface area contributed by atoms with E-state index >= 15 is 0 Å². The molecule has 0 saturated heterocycles. The molecule has 2 rings (SSSR count). The van der Waals surface area contributed by atoms with Crippen molar-refractivity contribution in [1.82, 2.24) is 5.32 Å². The summed E-state index contributed by atoms with van der Waals surface area (Å²) in [5.41, 5.74) is 3.00. The van der Waals surface area contributed by atoms with E-state index in [0.717, 1.165) is 29.7 Å². The highest BCUT2D eigenvalue weighted by Crippen LogP contribution is 2.20. The summed E-state index contributed by atoms with van der Waals surface area (Å²) in [6.07, 6.45) is 7.69. The topological polar surface area (TPSA) is 38.3 Å². The summed E-state index contributed by atoms with van der Waals surface area (Å²) in [5.74, 6) is 0.0134. The molecule has 1 aliphatic rings. The Morgan fingerprint density at radius 2 is 1.81 bits per heavy atom. The lowest BCUT2D eigenvalue weighted by molar-refractivity contribution is 0.0273. The molecule has 0 spiro atoms. The molecule has 21 heavy (non-hydrogen) atoms. The summed E-state index contributed by atoms with van der Waals surface area (Å²) >= 11 is 0. The molecular formula is C18H27NO2. The van der Waals surface area contributed by atoms with E-state index in [2.05, 4.69) is 11.4 Å². The first kappa shape index (κ1) is 16.0. The van der Waals surface area contributed by atoms with Crippen LogP contribution in [0, 0.1) is 13.8 Å². The van der Waals surface area contributed by atoms with Gasteiger partial charge in [-0.1, -0.05) is 36.5 Å². The second kappa shape index (κ2) is 8.18. The maximum absolute atomic E-state index is 12.1. The van der Waals surface area contributed by atoms with Crippen molar-refractivity contribution in [3.63, 3.8) is 0 Å². The average Bonchev–Trinajstić information content (AvgIpc) is 2.47. The summed E-state index contributed by atoms with van der Waals surface area (Å²) in [4.78, 5) is 12.1. The molecule has 0 unspecified atom stereocenters. The number of rotatable bonds is 6. The van der Waals surface area contributed by atoms with Gasteiger partial charge in [0.25, 0.3) is 5.91 Å². The highest BCUT2D eigenvalue weighted by Gasteiger charge is 2.13. The smallest absolute Gasteiger partial charge is 0.251 e. The first-order valence-corrected chi connectivity index (χ1v) is 8.13. The Morgan fingerprint density at radius 1 is 1.14 bits per heavy atom. The molecule has 0 heterocycles. The molecule has 1 aromatic carbocycles. The lowest BCUT2D eigenvalue weighted by Gasteiger charge is -2.21. The molecule has 116 valence electrons. The third kappa shape index (κ3) is 5.50. The number of carbonyl (C=O) groups excluding carboxylic acids is 1. The van der Waals surface area contributed by atoms with Crippen molar-refractivity contribution in [3.8, 4) is 0 Å². The summed E-state index contributed by atoms with van der Waals surface area (Å²) in [6.45, 7) is 5.46. The number of hydrogen-bond donors (Lipinski definition) is 1. The van der Waals surface area contributed by atoms with Gasteiger partial charge < -0.3 is 10.1 Å². The van der Waals surface area contributed by atoms with Gasteiger partial charge >= 0.3 is 0 Å². The predicted octanol–water partition coefficient (Wildman–Crippen LogP) is 3.77. The van der Waals surface area contributed by atoms with E-state index in [4.69, 9.17) is 4.74 Å². The molecular weight excluding hydrogens is 262 g/mol. The second-order valence-electron chi connectivity index (χ2n) is 6.12. The van der Waals surface area contributed by atoms with Crippen molar-refractivity contribution in [2.45, 2.75) is 58.5 Å². The van der Waals surface area contributed by atoms with Crippen LogP contribution in [0.4, 0.5) is 0 Å². The predicted molar refractivity (Wildman–Crippen MR) is 85.7 cm³/mol. The maximum Gasteiger partial charge on any atom is 0.251 e. The number of nitrogens with one attached hydrogen (secondary N) is 1. The van der Waals surface area contributed by atoms with Gasteiger partial charge in [0.15, 0.2) is 0 Å². The lowest BCUT2D eigenvalue weighted by Crippen LogP contribution is -2.26. The van der Waals surface area contributed by atoms with Crippen LogP contribution in [0.25, 0.3) is 0 Å². The number of aryl methyl sites for hydroxylation is 2.